The van der Waals surface area contributed by atoms with Gasteiger partial charge in [0.05, 0.1) is 19.3 Å². The number of ether oxygens (including phenoxy) is 1. The predicted molar refractivity (Wildman–Crippen MR) is 76.8 cm³/mol. The Morgan fingerprint density at radius 3 is 2.65 bits per heavy atom. The number of nitrogen functional groups attached to an aromatic ring is 1. The van der Waals surface area contributed by atoms with Gasteiger partial charge in [-0.15, -0.1) is 0 Å². The van der Waals surface area contributed by atoms with Crippen LogP contribution in [0, 0.1) is 0 Å². The molecule has 4 rings (SSSR count). The Morgan fingerprint density at radius 1 is 1.15 bits per heavy atom. The third-order valence-corrected chi connectivity index (χ3v) is 4.12. The quantitative estimate of drug-likeness (QED) is 0.822. The summed E-state index contributed by atoms with van der Waals surface area (Å²) in [7, 11) is 0. The van der Waals surface area contributed by atoms with Gasteiger partial charge in [-0.05, 0) is 18.2 Å². The average Bonchev–Trinajstić information content (AvgIpc) is 2.80. The number of hydrogen-bond acceptors (Lipinski definition) is 6. The second-order valence-electron chi connectivity index (χ2n) is 5.44. The van der Waals surface area contributed by atoms with E-state index in [1.165, 1.54) is 0 Å². The van der Waals surface area contributed by atoms with E-state index in [1.807, 2.05) is 18.2 Å². The molecule has 106 valence electrons. The van der Waals surface area contributed by atoms with Crippen LogP contribution in [0.15, 0.2) is 22.6 Å². The lowest BCUT2D eigenvalue weighted by molar-refractivity contribution is -0.0662. The van der Waals surface area contributed by atoms with Crippen molar-refractivity contribution >= 4 is 22.8 Å². The highest BCUT2D eigenvalue weighted by molar-refractivity contribution is 5.78. The first-order valence-corrected chi connectivity index (χ1v) is 7.02. The summed E-state index contributed by atoms with van der Waals surface area (Å²) < 4.78 is 11.1. The van der Waals surface area contributed by atoms with Crippen LogP contribution in [0.1, 0.15) is 0 Å². The van der Waals surface area contributed by atoms with Gasteiger partial charge in [0.2, 0.25) is 0 Å². The van der Waals surface area contributed by atoms with E-state index >= 15 is 0 Å². The number of nitrogens with zero attached hydrogens (tertiary/aromatic N) is 3. The van der Waals surface area contributed by atoms with Crippen LogP contribution < -0.4 is 10.6 Å². The Labute approximate surface area is 117 Å². The molecule has 1 aromatic carbocycles. The van der Waals surface area contributed by atoms with E-state index in [0.29, 0.717) is 17.7 Å². The summed E-state index contributed by atoms with van der Waals surface area (Å²) in [5.74, 6) is 0. The molecule has 2 saturated heterocycles. The molecule has 0 aliphatic carbocycles. The van der Waals surface area contributed by atoms with Crippen LogP contribution in [-0.2, 0) is 4.74 Å². The third kappa shape index (κ3) is 2.01. The van der Waals surface area contributed by atoms with Crippen molar-refractivity contribution in [3.63, 3.8) is 0 Å². The molecule has 2 N–H and O–H groups in total. The van der Waals surface area contributed by atoms with Crippen molar-refractivity contribution in [3.05, 3.63) is 18.2 Å². The molecule has 2 fully saturated rings. The van der Waals surface area contributed by atoms with Gasteiger partial charge >= 0.3 is 0 Å². The number of nitrogens with two attached hydrogens (primary N) is 1. The fraction of sp³-hybridized carbons (Fsp3) is 0.500. The second kappa shape index (κ2) is 4.64. The lowest BCUT2D eigenvalue weighted by Gasteiger charge is -2.42. The standard InChI is InChI=1S/C14H18N4O2/c15-10-1-2-13-12(7-10)16-14(20-13)18-5-3-17(4-6-18)11-8-19-9-11/h1-2,7,11H,3-6,8-9,15H2. The van der Waals surface area contributed by atoms with Gasteiger partial charge in [-0.1, -0.05) is 0 Å². The third-order valence-electron chi connectivity index (χ3n) is 4.12. The van der Waals surface area contributed by atoms with Crippen LogP contribution >= 0.6 is 0 Å². The highest BCUT2D eigenvalue weighted by Gasteiger charge is 2.30. The topological polar surface area (TPSA) is 67.8 Å². The van der Waals surface area contributed by atoms with E-state index in [2.05, 4.69) is 14.8 Å². The molecule has 2 aliphatic rings. The number of rotatable bonds is 2. The number of fused-ring (bicyclic) bond motifs is 1. The molecule has 0 spiro atoms. The molecule has 0 atom stereocenters. The summed E-state index contributed by atoms with van der Waals surface area (Å²) >= 11 is 0. The van der Waals surface area contributed by atoms with Crippen molar-refractivity contribution in [3.8, 4) is 0 Å². The van der Waals surface area contributed by atoms with Gasteiger partial charge < -0.3 is 19.8 Å². The summed E-state index contributed by atoms with van der Waals surface area (Å²) in [4.78, 5) is 9.22. The fourth-order valence-electron chi connectivity index (χ4n) is 2.78. The maximum atomic E-state index is 5.81. The minimum atomic E-state index is 0.612. The van der Waals surface area contributed by atoms with Crippen molar-refractivity contribution in [2.24, 2.45) is 0 Å². The molecule has 2 aliphatic heterocycles. The Kier molecular flexibility index (Phi) is 2.78. The molecular formula is C14H18N4O2. The van der Waals surface area contributed by atoms with Crippen molar-refractivity contribution in [2.75, 3.05) is 50.0 Å². The smallest absolute Gasteiger partial charge is 0.298 e. The number of anilines is 2. The minimum absolute atomic E-state index is 0.612. The predicted octanol–water partition coefficient (Wildman–Crippen LogP) is 0.931. The maximum absolute atomic E-state index is 5.81. The second-order valence-corrected chi connectivity index (χ2v) is 5.44. The molecule has 20 heavy (non-hydrogen) atoms. The number of benzene rings is 1. The lowest BCUT2D eigenvalue weighted by atomic mass is 10.2. The van der Waals surface area contributed by atoms with E-state index in [1.54, 1.807) is 0 Å². The van der Waals surface area contributed by atoms with E-state index in [-0.39, 0.29) is 0 Å². The van der Waals surface area contributed by atoms with Gasteiger partial charge in [0, 0.05) is 31.9 Å². The number of hydrogen-bond donors (Lipinski definition) is 1. The van der Waals surface area contributed by atoms with E-state index in [4.69, 9.17) is 14.9 Å². The first-order chi connectivity index (χ1) is 9.79. The van der Waals surface area contributed by atoms with Gasteiger partial charge in [-0.25, -0.2) is 0 Å². The van der Waals surface area contributed by atoms with Crippen LogP contribution in [0.25, 0.3) is 11.1 Å². The van der Waals surface area contributed by atoms with Crippen LogP contribution in [0.3, 0.4) is 0 Å². The molecule has 0 amide bonds. The molecule has 2 aromatic rings. The summed E-state index contributed by atoms with van der Waals surface area (Å²) in [6.07, 6.45) is 0. The van der Waals surface area contributed by atoms with E-state index < -0.39 is 0 Å². The van der Waals surface area contributed by atoms with Crippen molar-refractivity contribution in [1.82, 2.24) is 9.88 Å². The summed E-state index contributed by atoms with van der Waals surface area (Å²) in [5.41, 5.74) is 8.11. The number of piperazine rings is 1. The van der Waals surface area contributed by atoms with Gasteiger partial charge in [-0.2, -0.15) is 4.98 Å². The largest absolute Gasteiger partial charge is 0.423 e. The van der Waals surface area contributed by atoms with Crippen LogP contribution in [-0.4, -0.2) is 55.3 Å². The van der Waals surface area contributed by atoms with Crippen LogP contribution in [0.5, 0.6) is 0 Å². The Balaban J connectivity index is 1.49. The zero-order chi connectivity index (χ0) is 13.5. The zero-order valence-corrected chi connectivity index (χ0v) is 11.3. The highest BCUT2D eigenvalue weighted by atomic mass is 16.5. The normalized spacial score (nSPS) is 21.3. The molecule has 3 heterocycles. The Hall–Kier alpha value is -1.79. The number of aromatic nitrogens is 1. The van der Waals surface area contributed by atoms with E-state index in [0.717, 1.165) is 50.5 Å². The van der Waals surface area contributed by atoms with Gasteiger partial charge in [0.25, 0.3) is 6.01 Å². The molecule has 6 nitrogen and oxygen atoms in total. The SMILES string of the molecule is Nc1ccc2oc(N3CCN(C4COC4)CC3)nc2c1. The summed E-state index contributed by atoms with van der Waals surface area (Å²) in [5, 5.41) is 0. The van der Waals surface area contributed by atoms with Gasteiger partial charge in [-0.3, -0.25) is 4.90 Å². The molecule has 0 bridgehead atoms. The fourth-order valence-corrected chi connectivity index (χ4v) is 2.78. The first-order valence-electron chi connectivity index (χ1n) is 7.02. The van der Waals surface area contributed by atoms with Crippen molar-refractivity contribution < 1.29 is 9.15 Å². The minimum Gasteiger partial charge on any atom is -0.423 e. The maximum Gasteiger partial charge on any atom is 0.298 e. The number of oxazole rings is 1. The Bertz CT molecular complexity index is 615. The average molecular weight is 274 g/mol. The molecule has 0 saturated carbocycles. The zero-order valence-electron chi connectivity index (χ0n) is 11.3. The molecule has 0 radical (unpaired) electrons. The molecular weight excluding hydrogens is 256 g/mol. The molecule has 0 unspecified atom stereocenters. The Morgan fingerprint density at radius 2 is 1.95 bits per heavy atom. The van der Waals surface area contributed by atoms with Crippen LogP contribution in [0.4, 0.5) is 11.7 Å². The monoisotopic (exact) mass is 274 g/mol. The van der Waals surface area contributed by atoms with Crippen LogP contribution in [0.2, 0.25) is 0 Å². The summed E-state index contributed by atoms with van der Waals surface area (Å²) in [6, 6.07) is 6.88. The first kappa shape index (κ1) is 12.0. The van der Waals surface area contributed by atoms with Crippen molar-refractivity contribution in [1.29, 1.82) is 0 Å². The van der Waals surface area contributed by atoms with Crippen molar-refractivity contribution in [2.45, 2.75) is 6.04 Å². The molecule has 6 heteroatoms. The highest BCUT2D eigenvalue weighted by Crippen LogP contribution is 2.25. The molecule has 1 aromatic heterocycles. The van der Waals surface area contributed by atoms with Gasteiger partial charge in [0.1, 0.15) is 5.52 Å². The van der Waals surface area contributed by atoms with E-state index in [9.17, 15) is 0 Å². The van der Waals surface area contributed by atoms with Gasteiger partial charge in [0.15, 0.2) is 5.58 Å². The lowest BCUT2D eigenvalue weighted by Crippen LogP contribution is -2.56. The summed E-state index contributed by atoms with van der Waals surface area (Å²) in [6.45, 7) is 5.71.